The molecule has 0 fully saturated rings. The van der Waals surface area contributed by atoms with Crippen LogP contribution >= 0.6 is 0 Å². The van der Waals surface area contributed by atoms with E-state index in [0.29, 0.717) is 35.3 Å². The lowest BCUT2D eigenvalue weighted by molar-refractivity contribution is 0.0952. The summed E-state index contributed by atoms with van der Waals surface area (Å²) in [4.78, 5) is 17.4. The van der Waals surface area contributed by atoms with Crippen molar-refractivity contribution in [3.8, 4) is 11.3 Å². The second-order valence-electron chi connectivity index (χ2n) is 6.60. The molecule has 1 aliphatic rings. The third-order valence-corrected chi connectivity index (χ3v) is 4.56. The Morgan fingerprint density at radius 1 is 1.14 bits per heavy atom. The van der Waals surface area contributed by atoms with Crippen LogP contribution in [0.15, 0.2) is 60.3 Å². The van der Waals surface area contributed by atoms with Gasteiger partial charge in [-0.3, -0.25) is 15.6 Å². The van der Waals surface area contributed by atoms with Crippen LogP contribution in [0.2, 0.25) is 0 Å². The first kappa shape index (κ1) is 18.5. The highest BCUT2D eigenvalue weighted by Gasteiger charge is 2.20. The number of benzene rings is 1. The van der Waals surface area contributed by atoms with Gasteiger partial charge in [0.25, 0.3) is 5.91 Å². The summed E-state index contributed by atoms with van der Waals surface area (Å²) < 4.78 is 6.94. The van der Waals surface area contributed by atoms with Crippen molar-refractivity contribution in [2.75, 3.05) is 6.61 Å². The number of rotatable bonds is 5. The zero-order chi connectivity index (χ0) is 20.4. The molecular formula is C21H22N6O2. The van der Waals surface area contributed by atoms with Crippen LogP contribution in [0.1, 0.15) is 28.7 Å². The molecule has 1 aliphatic heterocycles. The molecule has 8 nitrogen and oxygen atoms in total. The minimum absolute atomic E-state index is 0.307. The average Bonchev–Trinajstić information content (AvgIpc) is 3.05. The lowest BCUT2D eigenvalue weighted by atomic mass is 10.1. The van der Waals surface area contributed by atoms with E-state index in [1.54, 1.807) is 23.6 Å². The molecule has 0 atom stereocenters. The first-order chi connectivity index (χ1) is 14.1. The lowest BCUT2D eigenvalue weighted by Gasteiger charge is -2.19. The van der Waals surface area contributed by atoms with Crippen molar-refractivity contribution < 1.29 is 9.53 Å². The quantitative estimate of drug-likeness (QED) is 0.620. The molecule has 29 heavy (non-hydrogen) atoms. The number of ether oxygens (including phenoxy) is 1. The minimum atomic E-state index is -0.307. The number of aromatic nitrogens is 3. The van der Waals surface area contributed by atoms with Crippen LogP contribution in [-0.2, 0) is 4.74 Å². The molecule has 1 amide bonds. The van der Waals surface area contributed by atoms with Crippen molar-refractivity contribution in [1.82, 2.24) is 30.8 Å². The van der Waals surface area contributed by atoms with Crippen LogP contribution in [0.5, 0.6) is 0 Å². The van der Waals surface area contributed by atoms with Crippen molar-refractivity contribution in [3.05, 3.63) is 77.2 Å². The van der Waals surface area contributed by atoms with Crippen molar-refractivity contribution in [1.29, 1.82) is 0 Å². The molecule has 148 valence electrons. The number of hydrogen-bond donors (Lipinski definition) is 3. The van der Waals surface area contributed by atoms with Gasteiger partial charge in [0, 0.05) is 11.6 Å². The fourth-order valence-electron chi connectivity index (χ4n) is 3.17. The number of hydrogen-bond acceptors (Lipinski definition) is 6. The largest absolute Gasteiger partial charge is 0.478 e. The van der Waals surface area contributed by atoms with E-state index < -0.39 is 0 Å². The third kappa shape index (κ3) is 3.64. The number of carbonyl (C=O) groups is 1. The van der Waals surface area contributed by atoms with Gasteiger partial charge >= 0.3 is 0 Å². The lowest BCUT2D eigenvalue weighted by Crippen LogP contribution is -2.41. The summed E-state index contributed by atoms with van der Waals surface area (Å²) in [5, 5.41) is 7.52. The molecule has 0 spiro atoms. The summed E-state index contributed by atoms with van der Waals surface area (Å²) in [6.45, 7) is 6.28. The molecule has 4 rings (SSSR count). The van der Waals surface area contributed by atoms with E-state index in [1.165, 1.54) is 0 Å². The molecule has 3 aromatic rings. The zero-order valence-electron chi connectivity index (χ0n) is 16.5. The highest BCUT2D eigenvalue weighted by Crippen LogP contribution is 2.22. The number of amides is 1. The number of fused-ring (bicyclic) bond motifs is 1. The number of carbonyl (C=O) groups excluding carboxylic acids is 1. The maximum atomic E-state index is 13.0. The van der Waals surface area contributed by atoms with E-state index in [4.69, 9.17) is 4.74 Å². The first-order valence-corrected chi connectivity index (χ1v) is 9.37. The maximum absolute atomic E-state index is 13.0. The summed E-state index contributed by atoms with van der Waals surface area (Å²) in [5.41, 5.74) is 10.3. The van der Waals surface area contributed by atoms with Crippen LogP contribution in [0.3, 0.4) is 0 Å². The summed E-state index contributed by atoms with van der Waals surface area (Å²) in [5.74, 6) is 0.780. The number of imidazole rings is 1. The van der Waals surface area contributed by atoms with E-state index in [2.05, 4.69) is 26.3 Å². The molecule has 0 radical (unpaired) electrons. The maximum Gasteiger partial charge on any atom is 0.277 e. The zero-order valence-corrected chi connectivity index (χ0v) is 16.5. The van der Waals surface area contributed by atoms with Crippen molar-refractivity contribution >= 4 is 11.6 Å². The number of nitrogens with one attached hydrogen (secondary N) is 3. The van der Waals surface area contributed by atoms with Gasteiger partial charge < -0.3 is 10.1 Å². The number of aryl methyl sites for hydroxylation is 2. The Kier molecular flexibility index (Phi) is 4.90. The molecule has 0 saturated carbocycles. The van der Waals surface area contributed by atoms with E-state index >= 15 is 0 Å². The molecule has 0 saturated heterocycles. The molecule has 0 aliphatic carbocycles. The Labute approximate surface area is 168 Å². The van der Waals surface area contributed by atoms with E-state index in [1.807, 2.05) is 50.2 Å². The normalized spacial score (nSPS) is 13.2. The minimum Gasteiger partial charge on any atom is -0.478 e. The highest BCUT2D eigenvalue weighted by atomic mass is 16.5. The van der Waals surface area contributed by atoms with Gasteiger partial charge in [0.1, 0.15) is 5.82 Å². The van der Waals surface area contributed by atoms with Crippen LogP contribution < -0.4 is 16.2 Å². The van der Waals surface area contributed by atoms with Gasteiger partial charge in [0.15, 0.2) is 11.3 Å². The topological polar surface area (TPSA) is 92.6 Å². The fraction of sp³-hybridized carbons (Fsp3) is 0.190. The second kappa shape index (κ2) is 7.67. The van der Waals surface area contributed by atoms with Gasteiger partial charge in [-0.2, -0.15) is 5.10 Å². The molecule has 3 N–H and O–H groups in total. The SMILES string of the molecule is CCOC1=CC=C(NC(=O)c2c(C)nc3ccc(-c4ccccc4C)nn23)NN1. The summed E-state index contributed by atoms with van der Waals surface area (Å²) >= 11 is 0. The van der Waals surface area contributed by atoms with Gasteiger partial charge in [0.2, 0.25) is 5.88 Å². The van der Waals surface area contributed by atoms with E-state index in [9.17, 15) is 4.79 Å². The molecule has 2 aromatic heterocycles. The molecular weight excluding hydrogens is 368 g/mol. The molecule has 0 bridgehead atoms. The second-order valence-corrected chi connectivity index (χ2v) is 6.60. The van der Waals surface area contributed by atoms with E-state index in [0.717, 1.165) is 16.8 Å². The van der Waals surface area contributed by atoms with Gasteiger partial charge in [0.05, 0.1) is 18.0 Å². The van der Waals surface area contributed by atoms with Crippen molar-refractivity contribution in [2.45, 2.75) is 20.8 Å². The standard InChI is InChI=1S/C21H22N6O2/c1-4-29-19-12-10-17(24-25-19)23-21(28)20-14(3)22-18-11-9-16(26-27(18)20)15-8-6-5-7-13(15)2/h5-12,24-25H,4H2,1-3H3,(H,23,28). The van der Waals surface area contributed by atoms with Gasteiger partial charge in [-0.1, -0.05) is 24.3 Å². The van der Waals surface area contributed by atoms with Crippen molar-refractivity contribution in [2.24, 2.45) is 0 Å². The molecule has 0 unspecified atom stereocenters. The molecule has 8 heteroatoms. The Hall–Kier alpha value is -3.81. The van der Waals surface area contributed by atoms with Crippen LogP contribution in [0.25, 0.3) is 16.9 Å². The van der Waals surface area contributed by atoms with Crippen molar-refractivity contribution in [3.63, 3.8) is 0 Å². The summed E-state index contributed by atoms with van der Waals surface area (Å²) in [6.07, 6.45) is 3.47. The first-order valence-electron chi connectivity index (χ1n) is 9.37. The fourth-order valence-corrected chi connectivity index (χ4v) is 3.17. The number of nitrogens with zero attached hydrogens (tertiary/aromatic N) is 3. The van der Waals surface area contributed by atoms with Gasteiger partial charge in [-0.25, -0.2) is 9.50 Å². The smallest absolute Gasteiger partial charge is 0.277 e. The predicted molar refractivity (Wildman–Crippen MR) is 109 cm³/mol. The van der Waals surface area contributed by atoms with Crippen LogP contribution in [-0.4, -0.2) is 27.1 Å². The van der Waals surface area contributed by atoms with Crippen LogP contribution in [0, 0.1) is 13.8 Å². The third-order valence-electron chi connectivity index (χ3n) is 4.56. The summed E-state index contributed by atoms with van der Waals surface area (Å²) in [6, 6.07) is 11.8. The van der Waals surface area contributed by atoms with E-state index in [-0.39, 0.29) is 5.91 Å². The average molecular weight is 390 g/mol. The van der Waals surface area contributed by atoms with Crippen LogP contribution in [0.4, 0.5) is 0 Å². The predicted octanol–water partition coefficient (Wildman–Crippen LogP) is 2.57. The Morgan fingerprint density at radius 3 is 2.69 bits per heavy atom. The monoisotopic (exact) mass is 390 g/mol. The summed E-state index contributed by atoms with van der Waals surface area (Å²) in [7, 11) is 0. The van der Waals surface area contributed by atoms with Gasteiger partial charge in [-0.15, -0.1) is 0 Å². The Morgan fingerprint density at radius 2 is 1.97 bits per heavy atom. The molecule has 3 heterocycles. The Balaban J connectivity index is 1.67. The number of allylic oxidation sites excluding steroid dienone is 2. The highest BCUT2D eigenvalue weighted by molar-refractivity contribution is 5.95. The molecule has 1 aromatic carbocycles. The van der Waals surface area contributed by atoms with Gasteiger partial charge in [-0.05, 0) is 44.5 Å². The Bertz CT molecular complexity index is 1150. The number of hydrazine groups is 1.